The molecule has 0 aliphatic rings. The molecule has 3 rings (SSSR count). The number of nitrogens with one attached hydrogen (secondary N) is 1. The summed E-state index contributed by atoms with van der Waals surface area (Å²) >= 11 is 12.1. The summed E-state index contributed by atoms with van der Waals surface area (Å²) in [6.45, 7) is 3.96. The molecule has 0 radical (unpaired) electrons. The van der Waals surface area contributed by atoms with E-state index in [0.29, 0.717) is 32.9 Å². The van der Waals surface area contributed by atoms with E-state index >= 15 is 0 Å². The number of nitrogens with zero attached hydrogens (tertiary/aromatic N) is 2. The van der Waals surface area contributed by atoms with Crippen molar-refractivity contribution in [2.45, 2.75) is 26.3 Å². The maximum atomic E-state index is 12.7. The number of amides is 1. The van der Waals surface area contributed by atoms with Gasteiger partial charge < -0.3 is 9.73 Å². The first kappa shape index (κ1) is 17.6. The highest BCUT2D eigenvalue weighted by Gasteiger charge is 2.20. The topological polar surface area (TPSA) is 60.1 Å². The van der Waals surface area contributed by atoms with Crippen molar-refractivity contribution in [3.63, 3.8) is 0 Å². The standard InChI is InChI=1S/C18H17Cl2N3O2/c1-3-11(2)21-18(24)16-10-15(17-5-4-8-25-17)22-23(16)12-6-7-13(19)14(20)9-12/h4-11H,3H2,1-2H3,(H,21,24). The van der Waals surface area contributed by atoms with Crippen LogP contribution in [0.25, 0.3) is 17.1 Å². The molecule has 1 atom stereocenters. The fourth-order valence-electron chi connectivity index (χ4n) is 2.30. The minimum atomic E-state index is -0.217. The summed E-state index contributed by atoms with van der Waals surface area (Å²) in [6, 6.07) is 10.4. The van der Waals surface area contributed by atoms with E-state index < -0.39 is 0 Å². The zero-order valence-corrected chi connectivity index (χ0v) is 15.3. The van der Waals surface area contributed by atoms with Crippen LogP contribution < -0.4 is 5.32 Å². The molecule has 0 aliphatic heterocycles. The Labute approximate surface area is 155 Å². The first-order valence-electron chi connectivity index (χ1n) is 7.89. The van der Waals surface area contributed by atoms with Crippen molar-refractivity contribution in [2.24, 2.45) is 0 Å². The molecule has 5 nitrogen and oxygen atoms in total. The molecule has 0 spiro atoms. The summed E-state index contributed by atoms with van der Waals surface area (Å²) in [5, 5.41) is 8.29. The summed E-state index contributed by atoms with van der Waals surface area (Å²) in [4.78, 5) is 12.7. The minimum Gasteiger partial charge on any atom is -0.463 e. The molecule has 2 aromatic heterocycles. The van der Waals surface area contributed by atoms with Gasteiger partial charge in [-0.15, -0.1) is 0 Å². The van der Waals surface area contributed by atoms with Crippen LogP contribution in [0.2, 0.25) is 10.0 Å². The third kappa shape index (κ3) is 3.72. The van der Waals surface area contributed by atoms with Gasteiger partial charge >= 0.3 is 0 Å². The smallest absolute Gasteiger partial charge is 0.270 e. The van der Waals surface area contributed by atoms with Crippen LogP contribution in [0, 0.1) is 0 Å². The van der Waals surface area contributed by atoms with E-state index in [1.807, 2.05) is 13.8 Å². The van der Waals surface area contributed by atoms with E-state index in [1.165, 1.54) is 4.68 Å². The number of furan rings is 1. The highest BCUT2D eigenvalue weighted by Crippen LogP contribution is 2.27. The van der Waals surface area contributed by atoms with E-state index in [9.17, 15) is 4.79 Å². The lowest BCUT2D eigenvalue weighted by atomic mass is 10.2. The second-order valence-corrected chi connectivity index (χ2v) is 6.50. The molecular weight excluding hydrogens is 361 g/mol. The molecular formula is C18H17Cl2N3O2. The highest BCUT2D eigenvalue weighted by atomic mass is 35.5. The van der Waals surface area contributed by atoms with Gasteiger partial charge in [0.1, 0.15) is 11.4 Å². The monoisotopic (exact) mass is 377 g/mol. The normalized spacial score (nSPS) is 12.2. The lowest BCUT2D eigenvalue weighted by Crippen LogP contribution is -2.33. The number of hydrogen-bond donors (Lipinski definition) is 1. The van der Waals surface area contributed by atoms with Gasteiger partial charge in [-0.25, -0.2) is 4.68 Å². The molecule has 1 aromatic carbocycles. The van der Waals surface area contributed by atoms with Gasteiger partial charge in [0, 0.05) is 12.1 Å². The number of benzene rings is 1. The maximum Gasteiger partial charge on any atom is 0.270 e. The van der Waals surface area contributed by atoms with Gasteiger partial charge in [0.2, 0.25) is 0 Å². The van der Waals surface area contributed by atoms with E-state index in [0.717, 1.165) is 6.42 Å². The van der Waals surface area contributed by atoms with Gasteiger partial charge in [0.25, 0.3) is 5.91 Å². The second kappa shape index (κ2) is 7.33. The molecule has 130 valence electrons. The largest absolute Gasteiger partial charge is 0.463 e. The quantitative estimate of drug-likeness (QED) is 0.682. The fourth-order valence-corrected chi connectivity index (χ4v) is 2.59. The predicted molar refractivity (Wildman–Crippen MR) is 98.5 cm³/mol. The van der Waals surface area contributed by atoms with Crippen molar-refractivity contribution >= 4 is 29.1 Å². The molecule has 1 amide bonds. The van der Waals surface area contributed by atoms with E-state index in [1.54, 1.807) is 42.7 Å². The average molecular weight is 378 g/mol. The summed E-state index contributed by atoms with van der Waals surface area (Å²) in [7, 11) is 0. The summed E-state index contributed by atoms with van der Waals surface area (Å²) in [5.41, 5.74) is 1.59. The lowest BCUT2D eigenvalue weighted by molar-refractivity contribution is 0.0931. The van der Waals surface area contributed by atoms with E-state index in [2.05, 4.69) is 10.4 Å². The Kier molecular flexibility index (Phi) is 5.16. The van der Waals surface area contributed by atoms with Crippen molar-refractivity contribution in [1.82, 2.24) is 15.1 Å². The molecule has 3 aromatic rings. The van der Waals surface area contributed by atoms with E-state index in [4.69, 9.17) is 27.6 Å². The SMILES string of the molecule is CCC(C)NC(=O)c1cc(-c2ccco2)nn1-c1ccc(Cl)c(Cl)c1. The summed E-state index contributed by atoms with van der Waals surface area (Å²) in [5.74, 6) is 0.363. The second-order valence-electron chi connectivity index (χ2n) is 5.69. The number of carbonyl (C=O) groups excluding carboxylic acids is 1. The number of carbonyl (C=O) groups is 1. The van der Waals surface area contributed by atoms with Gasteiger partial charge in [-0.05, 0) is 43.7 Å². The Morgan fingerprint density at radius 3 is 2.72 bits per heavy atom. The molecule has 25 heavy (non-hydrogen) atoms. The van der Waals surface area contributed by atoms with Crippen LogP contribution >= 0.6 is 23.2 Å². The van der Waals surface area contributed by atoms with Crippen LogP contribution in [0.15, 0.2) is 47.1 Å². The first-order chi connectivity index (χ1) is 12.0. The van der Waals surface area contributed by atoms with Crippen molar-refractivity contribution in [3.05, 3.63) is 58.4 Å². The zero-order chi connectivity index (χ0) is 18.0. The molecule has 0 saturated heterocycles. The highest BCUT2D eigenvalue weighted by molar-refractivity contribution is 6.42. The number of rotatable bonds is 5. The lowest BCUT2D eigenvalue weighted by Gasteiger charge is -2.12. The van der Waals surface area contributed by atoms with Crippen molar-refractivity contribution in [2.75, 3.05) is 0 Å². The molecule has 2 heterocycles. The van der Waals surface area contributed by atoms with Crippen molar-refractivity contribution in [3.8, 4) is 17.1 Å². The van der Waals surface area contributed by atoms with Crippen molar-refractivity contribution in [1.29, 1.82) is 0 Å². The molecule has 0 saturated carbocycles. The average Bonchev–Trinajstić information content (AvgIpc) is 3.26. The number of hydrogen-bond acceptors (Lipinski definition) is 3. The number of halogens is 2. The van der Waals surface area contributed by atoms with Crippen LogP contribution in [0.1, 0.15) is 30.8 Å². The van der Waals surface area contributed by atoms with Gasteiger partial charge in [0.05, 0.1) is 22.0 Å². The van der Waals surface area contributed by atoms with Crippen LogP contribution in [-0.4, -0.2) is 21.7 Å². The molecule has 7 heteroatoms. The van der Waals surface area contributed by atoms with Crippen LogP contribution in [-0.2, 0) is 0 Å². The van der Waals surface area contributed by atoms with Gasteiger partial charge in [-0.3, -0.25) is 4.79 Å². The first-order valence-corrected chi connectivity index (χ1v) is 8.65. The third-order valence-electron chi connectivity index (χ3n) is 3.85. The third-order valence-corrected chi connectivity index (χ3v) is 4.59. The molecule has 1 N–H and O–H groups in total. The predicted octanol–water partition coefficient (Wildman–Crippen LogP) is 4.97. The molecule has 0 bridgehead atoms. The fraction of sp³-hybridized carbons (Fsp3) is 0.222. The van der Waals surface area contributed by atoms with Gasteiger partial charge in [0.15, 0.2) is 5.76 Å². The van der Waals surface area contributed by atoms with Gasteiger partial charge in [-0.2, -0.15) is 5.10 Å². The van der Waals surface area contributed by atoms with Gasteiger partial charge in [-0.1, -0.05) is 30.1 Å². The maximum absolute atomic E-state index is 12.7. The van der Waals surface area contributed by atoms with Crippen molar-refractivity contribution < 1.29 is 9.21 Å². The van der Waals surface area contributed by atoms with Crippen LogP contribution in [0.4, 0.5) is 0 Å². The Bertz CT molecular complexity index is 888. The van der Waals surface area contributed by atoms with Crippen LogP contribution in [0.3, 0.4) is 0 Å². The van der Waals surface area contributed by atoms with Crippen LogP contribution in [0.5, 0.6) is 0 Å². The Hall–Kier alpha value is -2.24. The Morgan fingerprint density at radius 2 is 2.08 bits per heavy atom. The van der Waals surface area contributed by atoms with E-state index in [-0.39, 0.29) is 11.9 Å². The minimum absolute atomic E-state index is 0.0525. The molecule has 1 unspecified atom stereocenters. The summed E-state index contributed by atoms with van der Waals surface area (Å²) < 4.78 is 6.93. The molecule has 0 fully saturated rings. The Balaban J connectivity index is 2.08. The number of aromatic nitrogens is 2. The summed E-state index contributed by atoms with van der Waals surface area (Å²) in [6.07, 6.45) is 2.39. The zero-order valence-electron chi connectivity index (χ0n) is 13.8. The Morgan fingerprint density at radius 1 is 1.28 bits per heavy atom. The molecule has 0 aliphatic carbocycles.